The van der Waals surface area contributed by atoms with Crippen LogP contribution in [0.2, 0.25) is 0 Å². The topological polar surface area (TPSA) is 80.9 Å². The smallest absolute Gasteiger partial charge is 0.253 e. The highest BCUT2D eigenvalue weighted by atomic mass is 32.1. The number of amides is 1. The number of fused-ring (bicyclic) bond motifs is 1. The van der Waals surface area contributed by atoms with Crippen LogP contribution in [-0.2, 0) is 0 Å². The van der Waals surface area contributed by atoms with E-state index < -0.39 is 17.8 Å². The minimum absolute atomic E-state index is 0.187. The number of carbonyl (C=O) groups excluding carboxylic acids is 1. The van der Waals surface area contributed by atoms with Crippen LogP contribution < -0.4 is 5.32 Å². The molecular weight excluding hydrogens is 281 g/mol. The average molecular weight is 295 g/mol. The molecule has 4 N–H and O–H groups in total. The van der Waals surface area contributed by atoms with Gasteiger partial charge in [0.25, 0.3) is 5.91 Å². The van der Waals surface area contributed by atoms with E-state index in [4.69, 9.17) is 12.2 Å². The zero-order valence-electron chi connectivity index (χ0n) is 10.6. The fourth-order valence-electron chi connectivity index (χ4n) is 2.64. The lowest BCUT2D eigenvalue weighted by molar-refractivity contribution is 0.0874. The van der Waals surface area contributed by atoms with E-state index in [2.05, 4.69) is 15.3 Å². The molecule has 1 fully saturated rings. The lowest BCUT2D eigenvalue weighted by atomic mass is 10.1. The summed E-state index contributed by atoms with van der Waals surface area (Å²) < 4.78 is 13.9. The van der Waals surface area contributed by atoms with E-state index in [-0.39, 0.29) is 11.6 Å². The molecule has 106 valence electrons. The molecule has 1 amide bonds. The van der Waals surface area contributed by atoms with Crippen molar-refractivity contribution in [3.63, 3.8) is 0 Å². The van der Waals surface area contributed by atoms with Gasteiger partial charge in [0.1, 0.15) is 5.82 Å². The van der Waals surface area contributed by atoms with Crippen LogP contribution in [0.3, 0.4) is 0 Å². The summed E-state index contributed by atoms with van der Waals surface area (Å²) in [4.78, 5) is 17.9. The van der Waals surface area contributed by atoms with Crippen LogP contribution >= 0.6 is 12.2 Å². The molecule has 5 nitrogen and oxygen atoms in total. The first-order chi connectivity index (χ1) is 9.54. The number of aromatic amines is 2. The van der Waals surface area contributed by atoms with E-state index in [0.717, 1.165) is 18.9 Å². The molecule has 0 unspecified atom stereocenters. The normalized spacial score (nSPS) is 22.3. The van der Waals surface area contributed by atoms with Gasteiger partial charge in [0.05, 0.1) is 28.7 Å². The fraction of sp³-hybridized carbons (Fsp3) is 0.385. The van der Waals surface area contributed by atoms with Crippen molar-refractivity contribution in [1.82, 2.24) is 15.3 Å². The van der Waals surface area contributed by atoms with Gasteiger partial charge >= 0.3 is 0 Å². The summed E-state index contributed by atoms with van der Waals surface area (Å²) in [6, 6.07) is 2.17. The molecule has 0 spiro atoms. The third-order valence-electron chi connectivity index (χ3n) is 3.63. The number of rotatable bonds is 2. The van der Waals surface area contributed by atoms with Crippen molar-refractivity contribution >= 4 is 29.2 Å². The van der Waals surface area contributed by atoms with Gasteiger partial charge in [-0.25, -0.2) is 4.39 Å². The number of aromatic nitrogens is 2. The molecule has 1 aromatic carbocycles. The molecule has 1 heterocycles. The van der Waals surface area contributed by atoms with Crippen molar-refractivity contribution in [3.05, 3.63) is 28.3 Å². The van der Waals surface area contributed by atoms with E-state index in [1.807, 2.05) is 0 Å². The standard InChI is InChI=1S/C13H14FN3O2S/c14-6-4-7(11-9(5-6)16-13(20)17-11)12(19)15-8-2-1-3-10(8)18/h4-5,8,10,18H,1-3H2,(H,15,19)(H2,16,17,20)/t8-,10+/m1/s1. The first kappa shape index (κ1) is 13.3. The van der Waals surface area contributed by atoms with Gasteiger partial charge in [0.2, 0.25) is 0 Å². The van der Waals surface area contributed by atoms with Crippen molar-refractivity contribution in [2.24, 2.45) is 0 Å². The number of H-pyrrole nitrogens is 2. The number of hydrogen-bond acceptors (Lipinski definition) is 3. The largest absolute Gasteiger partial charge is 0.391 e. The molecule has 20 heavy (non-hydrogen) atoms. The maximum atomic E-state index is 13.6. The second kappa shape index (κ2) is 4.99. The Morgan fingerprint density at radius 1 is 1.40 bits per heavy atom. The van der Waals surface area contributed by atoms with E-state index in [9.17, 15) is 14.3 Å². The van der Waals surface area contributed by atoms with E-state index >= 15 is 0 Å². The van der Waals surface area contributed by atoms with Crippen molar-refractivity contribution < 1.29 is 14.3 Å². The van der Waals surface area contributed by atoms with Gasteiger partial charge in [-0.3, -0.25) is 4.79 Å². The number of benzene rings is 1. The number of imidazole rings is 1. The quantitative estimate of drug-likeness (QED) is 0.640. The number of aliphatic hydroxyl groups excluding tert-OH is 1. The Hall–Kier alpha value is -1.73. The Balaban J connectivity index is 1.96. The van der Waals surface area contributed by atoms with E-state index in [1.54, 1.807) is 0 Å². The predicted octanol–water partition coefficient (Wildman–Crippen LogP) is 2.01. The van der Waals surface area contributed by atoms with Crippen molar-refractivity contribution in [2.75, 3.05) is 0 Å². The SMILES string of the molecule is O=C(N[C@@H]1CCC[C@@H]1O)c1cc(F)cc2[nH]c(=S)[nH]c12. The van der Waals surface area contributed by atoms with Gasteiger partial charge < -0.3 is 20.4 Å². The highest BCUT2D eigenvalue weighted by molar-refractivity contribution is 7.71. The second-order valence-electron chi connectivity index (χ2n) is 5.03. The third kappa shape index (κ3) is 2.34. The summed E-state index contributed by atoms with van der Waals surface area (Å²) >= 11 is 4.96. The number of nitrogens with one attached hydrogen (secondary N) is 3. The van der Waals surface area contributed by atoms with Gasteiger partial charge in [0.15, 0.2) is 4.77 Å². The first-order valence-electron chi connectivity index (χ1n) is 6.45. The molecule has 0 saturated heterocycles. The lowest BCUT2D eigenvalue weighted by Gasteiger charge is -2.16. The summed E-state index contributed by atoms with van der Waals surface area (Å²) in [6.07, 6.45) is 1.75. The molecule has 1 aliphatic rings. The predicted molar refractivity (Wildman–Crippen MR) is 74.6 cm³/mol. The van der Waals surface area contributed by atoms with Crippen molar-refractivity contribution in [1.29, 1.82) is 0 Å². The summed E-state index contributed by atoms with van der Waals surface area (Å²) in [5, 5.41) is 12.5. The Kier molecular flexibility index (Phi) is 3.31. The fourth-order valence-corrected chi connectivity index (χ4v) is 2.85. The molecule has 1 aliphatic carbocycles. The van der Waals surface area contributed by atoms with E-state index in [1.165, 1.54) is 6.07 Å². The molecule has 2 atom stereocenters. The molecule has 3 rings (SSSR count). The molecule has 1 aromatic heterocycles. The molecule has 0 bridgehead atoms. The maximum absolute atomic E-state index is 13.6. The third-order valence-corrected chi connectivity index (χ3v) is 3.83. The van der Waals surface area contributed by atoms with Crippen LogP contribution in [-0.4, -0.2) is 33.1 Å². The van der Waals surface area contributed by atoms with E-state index in [0.29, 0.717) is 22.2 Å². The zero-order valence-corrected chi connectivity index (χ0v) is 11.4. The Morgan fingerprint density at radius 3 is 2.90 bits per heavy atom. The van der Waals surface area contributed by atoms with Gasteiger partial charge in [-0.2, -0.15) is 0 Å². The van der Waals surface area contributed by atoms with Gasteiger partial charge in [-0.05, 0) is 43.6 Å². The lowest BCUT2D eigenvalue weighted by Crippen LogP contribution is -2.39. The van der Waals surface area contributed by atoms with Crippen LogP contribution in [0, 0.1) is 10.6 Å². The van der Waals surface area contributed by atoms with Crippen LogP contribution in [0.4, 0.5) is 4.39 Å². The number of carbonyl (C=O) groups is 1. The Bertz CT molecular complexity index is 724. The highest BCUT2D eigenvalue weighted by Gasteiger charge is 2.27. The average Bonchev–Trinajstić information content (AvgIpc) is 2.94. The van der Waals surface area contributed by atoms with Crippen LogP contribution in [0.1, 0.15) is 29.6 Å². The second-order valence-corrected chi connectivity index (χ2v) is 5.44. The summed E-state index contributed by atoms with van der Waals surface area (Å²) in [6.45, 7) is 0. The number of aliphatic hydroxyl groups is 1. The minimum Gasteiger partial charge on any atom is -0.391 e. The number of halogens is 1. The van der Waals surface area contributed by atoms with Gasteiger partial charge in [-0.1, -0.05) is 0 Å². The summed E-state index contributed by atoms with van der Waals surface area (Å²) in [5.41, 5.74) is 1.11. The maximum Gasteiger partial charge on any atom is 0.253 e. The summed E-state index contributed by atoms with van der Waals surface area (Å²) in [5.74, 6) is -0.925. The molecule has 0 radical (unpaired) electrons. The Morgan fingerprint density at radius 2 is 2.20 bits per heavy atom. The van der Waals surface area contributed by atoms with Crippen LogP contribution in [0.5, 0.6) is 0 Å². The van der Waals surface area contributed by atoms with Crippen LogP contribution in [0.25, 0.3) is 11.0 Å². The first-order valence-corrected chi connectivity index (χ1v) is 6.86. The Labute approximate surface area is 119 Å². The molecule has 7 heteroatoms. The monoisotopic (exact) mass is 295 g/mol. The minimum atomic E-state index is -0.535. The zero-order chi connectivity index (χ0) is 14.3. The van der Waals surface area contributed by atoms with Gasteiger partial charge in [0, 0.05) is 0 Å². The summed E-state index contributed by atoms with van der Waals surface area (Å²) in [7, 11) is 0. The van der Waals surface area contributed by atoms with Crippen LogP contribution in [0.15, 0.2) is 12.1 Å². The van der Waals surface area contributed by atoms with Crippen molar-refractivity contribution in [3.8, 4) is 0 Å². The molecule has 1 saturated carbocycles. The highest BCUT2D eigenvalue weighted by Crippen LogP contribution is 2.21. The molecule has 0 aliphatic heterocycles. The number of hydrogen-bond donors (Lipinski definition) is 4. The molecular formula is C13H14FN3O2S. The van der Waals surface area contributed by atoms with Crippen molar-refractivity contribution in [2.45, 2.75) is 31.4 Å². The molecule has 2 aromatic rings. The van der Waals surface area contributed by atoms with Gasteiger partial charge in [-0.15, -0.1) is 0 Å².